The van der Waals surface area contributed by atoms with Crippen LogP contribution in [0, 0.1) is 18.6 Å². The van der Waals surface area contributed by atoms with Crippen LogP contribution in [0.3, 0.4) is 0 Å². The Labute approximate surface area is 219 Å². The van der Waals surface area contributed by atoms with E-state index in [9.17, 15) is 18.4 Å². The number of hydrogen-bond donors (Lipinski definition) is 1. The summed E-state index contributed by atoms with van der Waals surface area (Å²) < 4.78 is 39.7. The van der Waals surface area contributed by atoms with E-state index in [1.54, 1.807) is 55.1 Å². The van der Waals surface area contributed by atoms with E-state index in [1.807, 2.05) is 12.1 Å². The fourth-order valence-electron chi connectivity index (χ4n) is 4.13. The zero-order valence-corrected chi connectivity index (χ0v) is 21.2. The molecule has 0 fully saturated rings. The number of amides is 1. The molecule has 0 saturated heterocycles. The molecule has 0 saturated carbocycles. The Hall–Kier alpha value is -4.53. The summed E-state index contributed by atoms with van der Waals surface area (Å²) in [5.74, 6) is -1.36. The van der Waals surface area contributed by atoms with Crippen LogP contribution in [-0.2, 0) is 20.7 Å². The van der Waals surface area contributed by atoms with Crippen LogP contribution in [0.5, 0.6) is 5.75 Å². The lowest BCUT2D eigenvalue weighted by Crippen LogP contribution is -2.34. The van der Waals surface area contributed by atoms with Gasteiger partial charge in [-0.25, -0.2) is 18.3 Å². The van der Waals surface area contributed by atoms with Gasteiger partial charge in [-0.1, -0.05) is 18.2 Å². The van der Waals surface area contributed by atoms with Gasteiger partial charge in [-0.15, -0.1) is 0 Å². The summed E-state index contributed by atoms with van der Waals surface area (Å²) in [5.41, 5.74) is 3.49. The summed E-state index contributed by atoms with van der Waals surface area (Å²) in [6.07, 6.45) is 0.247. The van der Waals surface area contributed by atoms with Gasteiger partial charge in [-0.3, -0.25) is 4.79 Å². The van der Waals surface area contributed by atoms with E-state index in [0.717, 1.165) is 5.69 Å². The molecular formula is C29H27F2N3O4. The SMILES string of the molecule is COC(=O)C(NC(=O)CCc1cc(-c2cccc(F)c2)n(-c2ccc(OC)cc2)n1)c1cc(C)cc(F)c1. The number of ether oxygens (including phenoxy) is 2. The second kappa shape index (κ2) is 11.7. The molecule has 1 N–H and O–H groups in total. The minimum atomic E-state index is -1.15. The normalized spacial score (nSPS) is 11.6. The molecule has 4 rings (SSSR count). The lowest BCUT2D eigenvalue weighted by Gasteiger charge is -2.17. The highest BCUT2D eigenvalue weighted by Gasteiger charge is 2.24. The molecule has 0 aliphatic rings. The predicted molar refractivity (Wildman–Crippen MR) is 138 cm³/mol. The average molecular weight is 520 g/mol. The monoisotopic (exact) mass is 519 g/mol. The van der Waals surface area contributed by atoms with Gasteiger partial charge in [0.15, 0.2) is 6.04 Å². The van der Waals surface area contributed by atoms with E-state index in [-0.39, 0.29) is 18.7 Å². The molecule has 1 amide bonds. The van der Waals surface area contributed by atoms with Gasteiger partial charge in [0.2, 0.25) is 5.91 Å². The Kier molecular flexibility index (Phi) is 8.15. The quantitative estimate of drug-likeness (QED) is 0.311. The molecule has 0 radical (unpaired) electrons. The van der Waals surface area contributed by atoms with Crippen molar-refractivity contribution >= 4 is 11.9 Å². The van der Waals surface area contributed by atoms with Crippen LogP contribution in [0.4, 0.5) is 8.78 Å². The summed E-state index contributed by atoms with van der Waals surface area (Å²) in [5, 5.41) is 7.29. The number of benzene rings is 3. The lowest BCUT2D eigenvalue weighted by atomic mass is 10.0. The van der Waals surface area contributed by atoms with Crippen LogP contribution in [-0.4, -0.2) is 35.9 Å². The van der Waals surface area contributed by atoms with Crippen molar-refractivity contribution in [1.82, 2.24) is 15.1 Å². The third kappa shape index (κ3) is 6.23. The third-order valence-electron chi connectivity index (χ3n) is 5.95. The maximum Gasteiger partial charge on any atom is 0.333 e. The molecule has 4 aromatic rings. The maximum atomic E-state index is 14.0. The van der Waals surface area contributed by atoms with E-state index >= 15 is 0 Å². The molecule has 38 heavy (non-hydrogen) atoms. The van der Waals surface area contributed by atoms with E-state index < -0.39 is 23.7 Å². The van der Waals surface area contributed by atoms with Crippen molar-refractivity contribution in [3.63, 3.8) is 0 Å². The van der Waals surface area contributed by atoms with Crippen LogP contribution in [0.15, 0.2) is 72.8 Å². The Bertz CT molecular complexity index is 1430. The van der Waals surface area contributed by atoms with E-state index in [0.29, 0.717) is 33.8 Å². The molecule has 9 heteroatoms. The second-order valence-electron chi connectivity index (χ2n) is 8.73. The molecular weight excluding hydrogens is 492 g/mol. The number of halogens is 2. The fraction of sp³-hybridized carbons (Fsp3) is 0.207. The molecule has 1 unspecified atom stereocenters. The van der Waals surface area contributed by atoms with Crippen LogP contribution < -0.4 is 10.1 Å². The Morgan fingerprint density at radius 1 is 0.974 bits per heavy atom. The van der Waals surface area contributed by atoms with Crippen molar-refractivity contribution in [3.05, 3.63) is 101 Å². The second-order valence-corrected chi connectivity index (χ2v) is 8.73. The molecule has 0 aliphatic heterocycles. The molecule has 1 aromatic heterocycles. The van der Waals surface area contributed by atoms with E-state index in [2.05, 4.69) is 10.4 Å². The summed E-state index contributed by atoms with van der Waals surface area (Å²) in [6, 6.07) is 18.2. The number of aryl methyl sites for hydroxylation is 2. The lowest BCUT2D eigenvalue weighted by molar-refractivity contribution is -0.145. The van der Waals surface area contributed by atoms with Crippen LogP contribution >= 0.6 is 0 Å². The highest BCUT2D eigenvalue weighted by molar-refractivity contribution is 5.85. The minimum absolute atomic E-state index is 0.00398. The van der Waals surface area contributed by atoms with Crippen molar-refractivity contribution in [2.24, 2.45) is 0 Å². The highest BCUT2D eigenvalue weighted by atomic mass is 19.1. The van der Waals surface area contributed by atoms with E-state index in [4.69, 9.17) is 9.47 Å². The number of methoxy groups -OCH3 is 2. The predicted octanol–water partition coefficient (Wildman–Crippen LogP) is 5.10. The van der Waals surface area contributed by atoms with Gasteiger partial charge in [0.1, 0.15) is 17.4 Å². The van der Waals surface area contributed by atoms with Crippen molar-refractivity contribution in [2.75, 3.05) is 14.2 Å². The van der Waals surface area contributed by atoms with Gasteiger partial charge in [-0.2, -0.15) is 5.10 Å². The first-order valence-corrected chi connectivity index (χ1v) is 11.9. The molecule has 7 nitrogen and oxygen atoms in total. The van der Waals surface area contributed by atoms with Crippen LogP contribution in [0.1, 0.15) is 29.3 Å². The smallest absolute Gasteiger partial charge is 0.333 e. The number of esters is 1. The molecule has 1 heterocycles. The fourth-order valence-corrected chi connectivity index (χ4v) is 4.13. The summed E-state index contributed by atoms with van der Waals surface area (Å²) in [7, 11) is 2.78. The number of aromatic nitrogens is 2. The molecule has 196 valence electrons. The Balaban J connectivity index is 1.56. The van der Waals surface area contributed by atoms with Gasteiger partial charge in [0.25, 0.3) is 0 Å². The molecule has 3 aromatic carbocycles. The Morgan fingerprint density at radius 2 is 1.74 bits per heavy atom. The van der Waals surface area contributed by atoms with Crippen molar-refractivity contribution < 1.29 is 27.8 Å². The molecule has 1 atom stereocenters. The minimum Gasteiger partial charge on any atom is -0.497 e. The number of hydrogen-bond acceptors (Lipinski definition) is 5. The number of nitrogens with one attached hydrogen (secondary N) is 1. The average Bonchev–Trinajstić information content (AvgIpc) is 3.34. The van der Waals surface area contributed by atoms with Gasteiger partial charge in [0, 0.05) is 18.4 Å². The largest absolute Gasteiger partial charge is 0.497 e. The first kappa shape index (κ1) is 26.5. The first-order valence-electron chi connectivity index (χ1n) is 11.9. The molecule has 0 spiro atoms. The Morgan fingerprint density at radius 3 is 2.39 bits per heavy atom. The number of rotatable bonds is 9. The van der Waals surface area contributed by atoms with Crippen molar-refractivity contribution in [2.45, 2.75) is 25.8 Å². The highest BCUT2D eigenvalue weighted by Crippen LogP contribution is 2.26. The number of nitrogens with zero attached hydrogens (tertiary/aromatic N) is 2. The third-order valence-corrected chi connectivity index (χ3v) is 5.95. The summed E-state index contributed by atoms with van der Waals surface area (Å²) in [4.78, 5) is 25.2. The maximum absolute atomic E-state index is 14.0. The summed E-state index contributed by atoms with van der Waals surface area (Å²) >= 11 is 0. The van der Waals surface area contributed by atoms with Gasteiger partial charge in [0.05, 0.1) is 31.3 Å². The van der Waals surface area contributed by atoms with Gasteiger partial charge in [-0.05, 0) is 72.6 Å². The zero-order chi connectivity index (χ0) is 27.2. The molecule has 0 aliphatic carbocycles. The topological polar surface area (TPSA) is 82.5 Å². The van der Waals surface area contributed by atoms with E-state index in [1.165, 1.54) is 31.4 Å². The van der Waals surface area contributed by atoms with Crippen molar-refractivity contribution in [3.8, 4) is 22.7 Å². The number of carbonyl (C=O) groups is 2. The zero-order valence-electron chi connectivity index (χ0n) is 21.2. The first-order chi connectivity index (χ1) is 18.3. The standard InChI is InChI=1S/C29H27F2N3O4/c1-18-13-20(16-22(31)14-18)28(29(36)38-3)32-27(35)12-7-23-17-26(19-5-4-6-21(30)15-19)34(33-23)24-8-10-25(37-2)11-9-24/h4-6,8-11,13-17,28H,7,12H2,1-3H3,(H,32,35). The van der Waals surface area contributed by atoms with Crippen molar-refractivity contribution in [1.29, 1.82) is 0 Å². The molecule has 0 bridgehead atoms. The van der Waals surface area contributed by atoms with Crippen LogP contribution in [0.25, 0.3) is 16.9 Å². The summed E-state index contributed by atoms with van der Waals surface area (Å²) in [6.45, 7) is 1.69. The van der Waals surface area contributed by atoms with Gasteiger partial charge >= 0.3 is 5.97 Å². The number of carbonyl (C=O) groups excluding carboxylic acids is 2. The van der Waals surface area contributed by atoms with Gasteiger partial charge < -0.3 is 14.8 Å². The van der Waals surface area contributed by atoms with Crippen LogP contribution in [0.2, 0.25) is 0 Å².